The van der Waals surface area contributed by atoms with E-state index in [0.29, 0.717) is 12.8 Å². The van der Waals surface area contributed by atoms with Crippen LogP contribution in [0.3, 0.4) is 0 Å². The molecule has 0 bridgehead atoms. The highest BCUT2D eigenvalue weighted by molar-refractivity contribution is 7.55. The molecule has 0 saturated carbocycles. The highest BCUT2D eigenvalue weighted by Crippen LogP contribution is 2.53. The van der Waals surface area contributed by atoms with Crippen molar-refractivity contribution in [3.05, 3.63) is 12.7 Å². The normalized spacial score (nSPS) is 14.2. The lowest BCUT2D eigenvalue weighted by Gasteiger charge is -2.24. The summed E-state index contributed by atoms with van der Waals surface area (Å²) in [7, 11) is -3.33. The molecule has 112 valence electrons. The Balaban J connectivity index is 4.69. The van der Waals surface area contributed by atoms with E-state index in [2.05, 4.69) is 6.58 Å². The minimum absolute atomic E-state index is 0.0832. The summed E-state index contributed by atoms with van der Waals surface area (Å²) >= 11 is 0. The Labute approximate surface area is 117 Å². The quantitative estimate of drug-likeness (QED) is 0.447. The van der Waals surface area contributed by atoms with Crippen molar-refractivity contribution in [3.8, 4) is 0 Å². The zero-order chi connectivity index (χ0) is 15.1. The average molecular weight is 290 g/mol. The number of ketones is 1. The first kappa shape index (κ1) is 18.6. The molecule has 0 spiro atoms. The van der Waals surface area contributed by atoms with Crippen LogP contribution >= 0.6 is 7.60 Å². The maximum absolute atomic E-state index is 12.5. The van der Waals surface area contributed by atoms with E-state index in [1.54, 1.807) is 20.8 Å². The van der Waals surface area contributed by atoms with Crippen LogP contribution in [0.15, 0.2) is 12.7 Å². The van der Waals surface area contributed by atoms with Crippen molar-refractivity contribution in [2.24, 2.45) is 5.41 Å². The third kappa shape index (κ3) is 6.03. The van der Waals surface area contributed by atoms with E-state index >= 15 is 0 Å². The minimum atomic E-state index is -3.33. The van der Waals surface area contributed by atoms with E-state index in [0.717, 1.165) is 0 Å². The van der Waals surface area contributed by atoms with Gasteiger partial charge in [0.1, 0.15) is 11.4 Å². The lowest BCUT2D eigenvalue weighted by Crippen LogP contribution is -2.22. The fourth-order valence-electron chi connectivity index (χ4n) is 1.55. The van der Waals surface area contributed by atoms with Crippen LogP contribution in [0, 0.1) is 5.41 Å². The molecule has 0 radical (unpaired) electrons. The van der Waals surface area contributed by atoms with Gasteiger partial charge in [-0.3, -0.25) is 9.36 Å². The Bertz CT molecular complexity index is 339. The smallest absolute Gasteiger partial charge is 0.308 e. The second kappa shape index (κ2) is 7.98. The van der Waals surface area contributed by atoms with Crippen LogP contribution in [0.25, 0.3) is 0 Å². The van der Waals surface area contributed by atoms with Crippen LogP contribution < -0.4 is 0 Å². The molecule has 1 unspecified atom stereocenters. The van der Waals surface area contributed by atoms with Crippen LogP contribution in [0.4, 0.5) is 0 Å². The minimum Gasteiger partial charge on any atom is -0.308 e. The van der Waals surface area contributed by atoms with Gasteiger partial charge in [-0.25, -0.2) is 0 Å². The summed E-state index contributed by atoms with van der Waals surface area (Å²) in [6, 6.07) is 0. The number of rotatable bonds is 10. The highest BCUT2D eigenvalue weighted by atomic mass is 31.2. The molecule has 0 aromatic rings. The first-order chi connectivity index (χ1) is 8.72. The van der Waals surface area contributed by atoms with Gasteiger partial charge in [0.05, 0.1) is 13.2 Å². The van der Waals surface area contributed by atoms with Crippen LogP contribution in [-0.4, -0.2) is 24.7 Å². The summed E-state index contributed by atoms with van der Waals surface area (Å²) < 4.78 is 22.9. The van der Waals surface area contributed by atoms with Gasteiger partial charge in [0.25, 0.3) is 0 Å². The maximum Gasteiger partial charge on any atom is 0.340 e. The molecule has 0 aliphatic rings. The fraction of sp³-hybridized carbons (Fsp3) is 0.786. The zero-order valence-electron chi connectivity index (χ0n) is 12.8. The maximum atomic E-state index is 12.5. The Kier molecular flexibility index (Phi) is 7.80. The third-order valence-electron chi connectivity index (χ3n) is 3.13. The largest absolute Gasteiger partial charge is 0.340 e. The lowest BCUT2D eigenvalue weighted by atomic mass is 9.87. The number of hydrogen-bond acceptors (Lipinski definition) is 4. The fourth-order valence-corrected chi connectivity index (χ4v) is 3.28. The van der Waals surface area contributed by atoms with Gasteiger partial charge < -0.3 is 9.05 Å². The van der Waals surface area contributed by atoms with Crippen LogP contribution in [0.2, 0.25) is 0 Å². The van der Waals surface area contributed by atoms with Gasteiger partial charge >= 0.3 is 7.60 Å². The summed E-state index contributed by atoms with van der Waals surface area (Å²) in [6.45, 7) is 13.4. The zero-order valence-corrected chi connectivity index (χ0v) is 13.7. The highest BCUT2D eigenvalue weighted by Gasteiger charge is 2.37. The van der Waals surface area contributed by atoms with E-state index < -0.39 is 13.3 Å². The molecule has 0 aliphatic heterocycles. The summed E-state index contributed by atoms with van der Waals surface area (Å²) in [6.07, 6.45) is 2.86. The number of carbonyl (C=O) groups excluding carboxylic acids is 1. The summed E-state index contributed by atoms with van der Waals surface area (Å²) in [5, 5.41) is 0. The predicted molar refractivity (Wildman–Crippen MR) is 78.5 cm³/mol. The lowest BCUT2D eigenvalue weighted by molar-refractivity contribution is -0.119. The van der Waals surface area contributed by atoms with Crippen molar-refractivity contribution < 1.29 is 18.4 Å². The molecular formula is C14H27O4P. The van der Waals surface area contributed by atoms with E-state index in [9.17, 15) is 9.36 Å². The molecule has 0 rings (SSSR count). The monoisotopic (exact) mass is 290 g/mol. The van der Waals surface area contributed by atoms with Gasteiger partial charge in [-0.15, -0.1) is 6.58 Å². The van der Waals surface area contributed by atoms with Crippen molar-refractivity contribution >= 4 is 13.4 Å². The van der Waals surface area contributed by atoms with Gasteiger partial charge in [-0.1, -0.05) is 19.9 Å². The van der Waals surface area contributed by atoms with E-state index in [4.69, 9.17) is 9.05 Å². The third-order valence-corrected chi connectivity index (χ3v) is 5.60. The predicted octanol–water partition coefficient (Wildman–Crippen LogP) is 4.20. The van der Waals surface area contributed by atoms with Crippen molar-refractivity contribution in [2.45, 2.75) is 53.1 Å². The average Bonchev–Trinajstić information content (AvgIpc) is 2.35. The Morgan fingerprint density at radius 3 is 2.16 bits per heavy atom. The number of carbonyl (C=O) groups is 1. The molecule has 0 saturated heterocycles. The van der Waals surface area contributed by atoms with E-state index in [1.807, 2.05) is 19.9 Å². The molecule has 0 aromatic heterocycles. The van der Waals surface area contributed by atoms with E-state index in [-0.39, 0.29) is 24.4 Å². The van der Waals surface area contributed by atoms with E-state index in [1.165, 1.54) is 0 Å². The van der Waals surface area contributed by atoms with Crippen molar-refractivity contribution in [1.82, 2.24) is 0 Å². The van der Waals surface area contributed by atoms with Gasteiger partial charge in [0, 0.05) is 6.42 Å². The molecule has 5 heteroatoms. The molecule has 4 nitrogen and oxygen atoms in total. The SMILES string of the molecule is C=CC(C)(C)CCC(=O)C(C)P(=O)(OCC)OCC. The molecule has 0 heterocycles. The first-order valence-electron chi connectivity index (χ1n) is 6.77. The Morgan fingerprint density at radius 2 is 1.79 bits per heavy atom. The van der Waals surface area contributed by atoms with Crippen molar-refractivity contribution in [2.75, 3.05) is 13.2 Å². The van der Waals surface area contributed by atoms with Crippen molar-refractivity contribution in [3.63, 3.8) is 0 Å². The Morgan fingerprint density at radius 1 is 1.32 bits per heavy atom. The number of hydrogen-bond donors (Lipinski definition) is 0. The molecule has 0 aliphatic carbocycles. The second-order valence-electron chi connectivity index (χ2n) is 5.21. The van der Waals surface area contributed by atoms with Crippen molar-refractivity contribution in [1.29, 1.82) is 0 Å². The molecule has 0 aromatic carbocycles. The molecule has 19 heavy (non-hydrogen) atoms. The molecule has 1 atom stereocenters. The second-order valence-corrected chi connectivity index (χ2v) is 7.58. The molecule has 0 N–H and O–H groups in total. The molecule has 0 amide bonds. The van der Waals surface area contributed by atoms with Crippen LogP contribution in [0.1, 0.15) is 47.5 Å². The summed E-state index contributed by atoms with van der Waals surface area (Å²) in [4.78, 5) is 12.1. The van der Waals surface area contributed by atoms with Gasteiger partial charge in [0.15, 0.2) is 0 Å². The summed E-state index contributed by atoms with van der Waals surface area (Å²) in [5.74, 6) is -0.0832. The van der Waals surface area contributed by atoms with Crippen LogP contribution in [0.5, 0.6) is 0 Å². The number of Topliss-reactive ketones (excluding diaryl/α,β-unsaturated/α-hetero) is 1. The number of allylic oxidation sites excluding steroid dienone is 1. The van der Waals surface area contributed by atoms with Gasteiger partial charge in [0.2, 0.25) is 0 Å². The summed E-state index contributed by atoms with van der Waals surface area (Å²) in [5.41, 5.74) is -0.815. The molecular weight excluding hydrogens is 263 g/mol. The molecule has 0 fully saturated rings. The standard InChI is InChI=1S/C14H27O4P/c1-7-14(5,6)11-10-13(15)12(4)19(16,17-8-2)18-9-3/h7,12H,1,8-11H2,2-6H3. The topological polar surface area (TPSA) is 52.6 Å². The van der Waals surface area contributed by atoms with Gasteiger partial charge in [-0.2, -0.15) is 0 Å². The Hall–Kier alpha value is -0.440. The van der Waals surface area contributed by atoms with Gasteiger partial charge in [-0.05, 0) is 32.6 Å². The first-order valence-corrected chi connectivity index (χ1v) is 8.38. The van der Waals surface area contributed by atoms with Crippen LogP contribution in [-0.2, 0) is 18.4 Å².